The Bertz CT molecular complexity index is 1120. The maximum atomic E-state index is 12.0. The quantitative estimate of drug-likeness (QED) is 0.551. The first-order valence-corrected chi connectivity index (χ1v) is 11.2. The Balaban J connectivity index is 1.47. The van der Waals surface area contributed by atoms with E-state index in [1.165, 1.54) is 0 Å². The van der Waals surface area contributed by atoms with Crippen LogP contribution in [0.5, 0.6) is 11.5 Å². The molecule has 0 atom stereocenters. The number of fused-ring (bicyclic) bond motifs is 3. The van der Waals surface area contributed by atoms with Crippen LogP contribution in [0.4, 0.5) is 5.69 Å². The minimum absolute atomic E-state index is 0.00312. The highest BCUT2D eigenvalue weighted by molar-refractivity contribution is 5.74. The van der Waals surface area contributed by atoms with Gasteiger partial charge in [-0.25, -0.2) is 0 Å². The van der Waals surface area contributed by atoms with Gasteiger partial charge in [-0.05, 0) is 62.2 Å². The van der Waals surface area contributed by atoms with E-state index in [0.717, 1.165) is 34.8 Å². The number of benzene rings is 2. The van der Waals surface area contributed by atoms with E-state index in [1.54, 1.807) is 13.0 Å². The first kappa shape index (κ1) is 22.5. The molecular weight excluding hydrogens is 420 g/mol. The van der Waals surface area contributed by atoms with Gasteiger partial charge in [0.1, 0.15) is 43.0 Å². The molecule has 7 heteroatoms. The van der Waals surface area contributed by atoms with Crippen molar-refractivity contribution in [1.82, 2.24) is 0 Å². The smallest absolute Gasteiger partial charge is 0.313 e. The molecule has 0 spiro atoms. The van der Waals surface area contributed by atoms with Crippen LogP contribution in [-0.2, 0) is 27.3 Å². The first-order valence-electron chi connectivity index (χ1n) is 11.2. The highest BCUT2D eigenvalue weighted by Gasteiger charge is 2.31. The van der Waals surface area contributed by atoms with E-state index < -0.39 is 0 Å². The predicted molar refractivity (Wildman–Crippen MR) is 123 cm³/mol. The van der Waals surface area contributed by atoms with Crippen molar-refractivity contribution in [2.45, 2.75) is 46.3 Å². The number of hydrogen-bond donors (Lipinski definition) is 0. The van der Waals surface area contributed by atoms with Crippen LogP contribution < -0.4 is 14.4 Å². The Hall–Kier alpha value is -3.66. The fourth-order valence-electron chi connectivity index (χ4n) is 4.10. The maximum absolute atomic E-state index is 12.0. The molecule has 172 valence electrons. The minimum atomic E-state index is -0.275. The summed E-state index contributed by atoms with van der Waals surface area (Å²) in [6, 6.07) is 13.7. The number of ether oxygens (including phenoxy) is 4. The molecule has 2 aromatic rings. The molecule has 2 aromatic carbocycles. The molecule has 4 rings (SSSR count). The lowest BCUT2D eigenvalue weighted by atomic mass is 10.1. The Morgan fingerprint density at radius 3 is 2.85 bits per heavy atom. The van der Waals surface area contributed by atoms with E-state index in [0.29, 0.717) is 43.3 Å². The fourth-order valence-corrected chi connectivity index (χ4v) is 4.10. The van der Waals surface area contributed by atoms with Gasteiger partial charge >= 0.3 is 5.97 Å². The molecule has 0 aliphatic carbocycles. The van der Waals surface area contributed by atoms with Gasteiger partial charge in [-0.3, -0.25) is 4.79 Å². The average Bonchev–Trinajstić information content (AvgIpc) is 3.17. The largest absolute Gasteiger partial charge is 0.494 e. The molecule has 0 amide bonds. The molecule has 0 unspecified atom stereocenters. The van der Waals surface area contributed by atoms with E-state index in [9.17, 15) is 10.1 Å². The number of esters is 1. The van der Waals surface area contributed by atoms with Crippen LogP contribution in [0.15, 0.2) is 47.9 Å². The summed E-state index contributed by atoms with van der Waals surface area (Å²) >= 11 is 0. The zero-order valence-corrected chi connectivity index (χ0v) is 19.2. The number of hydrogen-bond acceptors (Lipinski definition) is 7. The molecule has 2 heterocycles. The number of anilines is 1. The number of rotatable bonds is 8. The van der Waals surface area contributed by atoms with Crippen molar-refractivity contribution in [1.29, 1.82) is 5.26 Å². The Morgan fingerprint density at radius 2 is 2.09 bits per heavy atom. The number of carbonyl (C=O) groups is 1. The van der Waals surface area contributed by atoms with Crippen LogP contribution >= 0.6 is 0 Å². The van der Waals surface area contributed by atoms with Gasteiger partial charge in [-0.2, -0.15) is 5.26 Å². The number of nitrogens with zero attached hydrogens (tertiary/aromatic N) is 2. The standard InChI is InChI=1S/C26H28N2O5/c1-4-30-26(29)14-25-23-13-19-12-21(6-7-22(19)28(23)9-10-31-25)32-16-18-5-8-24(33-17(2)3)20(11-18)15-27/h5-8,11-12,17H,4,9-10,13-14,16H2,1-3H3. The van der Waals surface area contributed by atoms with Crippen molar-refractivity contribution in [3.63, 3.8) is 0 Å². The lowest BCUT2D eigenvalue weighted by molar-refractivity contribution is -0.143. The highest BCUT2D eigenvalue weighted by atomic mass is 16.5. The van der Waals surface area contributed by atoms with Gasteiger partial charge in [0.25, 0.3) is 0 Å². The van der Waals surface area contributed by atoms with Gasteiger partial charge < -0.3 is 23.8 Å². The molecule has 0 fully saturated rings. The SMILES string of the molecule is CCOC(=O)CC1=C2Cc3cc(OCc4ccc(OC(C)C)c(C#N)c4)ccc3N2CCO1. The van der Waals surface area contributed by atoms with Crippen LogP contribution in [0.2, 0.25) is 0 Å². The van der Waals surface area contributed by atoms with Crippen molar-refractivity contribution in [3.05, 3.63) is 64.5 Å². The van der Waals surface area contributed by atoms with Crippen molar-refractivity contribution in [2.24, 2.45) is 0 Å². The molecule has 0 aromatic heterocycles. The summed E-state index contributed by atoms with van der Waals surface area (Å²) in [5.41, 5.74) is 4.66. The lowest BCUT2D eigenvalue weighted by Gasteiger charge is -2.29. The number of nitriles is 1. The van der Waals surface area contributed by atoms with Crippen molar-refractivity contribution in [3.8, 4) is 17.6 Å². The topological polar surface area (TPSA) is 81.0 Å². The highest BCUT2D eigenvalue weighted by Crippen LogP contribution is 2.40. The molecule has 0 saturated heterocycles. The summed E-state index contributed by atoms with van der Waals surface area (Å²) in [6.45, 7) is 7.64. The van der Waals surface area contributed by atoms with Crippen molar-refractivity contribution < 1.29 is 23.7 Å². The lowest BCUT2D eigenvalue weighted by Crippen LogP contribution is -2.30. The summed E-state index contributed by atoms with van der Waals surface area (Å²) < 4.78 is 22.6. The molecule has 0 bridgehead atoms. The van der Waals surface area contributed by atoms with Gasteiger partial charge in [-0.1, -0.05) is 6.07 Å². The summed E-state index contributed by atoms with van der Waals surface area (Å²) in [6.07, 6.45) is 0.832. The summed E-state index contributed by atoms with van der Waals surface area (Å²) in [5, 5.41) is 9.44. The second kappa shape index (κ2) is 9.86. The molecule has 0 radical (unpaired) electrons. The third-order valence-corrected chi connectivity index (χ3v) is 5.48. The van der Waals surface area contributed by atoms with Gasteiger partial charge in [0.15, 0.2) is 0 Å². The molecule has 0 saturated carbocycles. The fraction of sp³-hybridized carbons (Fsp3) is 0.385. The van der Waals surface area contributed by atoms with E-state index in [1.807, 2.05) is 44.2 Å². The van der Waals surface area contributed by atoms with E-state index in [2.05, 4.69) is 11.0 Å². The van der Waals surface area contributed by atoms with Crippen LogP contribution in [-0.4, -0.2) is 31.8 Å². The molecule has 2 aliphatic heterocycles. The van der Waals surface area contributed by atoms with Crippen LogP contribution in [0.1, 0.15) is 43.9 Å². The minimum Gasteiger partial charge on any atom is -0.494 e. The molecule has 0 N–H and O–H groups in total. The third-order valence-electron chi connectivity index (χ3n) is 5.48. The first-order chi connectivity index (χ1) is 16.0. The molecule has 33 heavy (non-hydrogen) atoms. The second-order valence-corrected chi connectivity index (χ2v) is 8.22. The third kappa shape index (κ3) is 5.06. The Labute approximate surface area is 194 Å². The van der Waals surface area contributed by atoms with Crippen molar-refractivity contribution >= 4 is 11.7 Å². The van der Waals surface area contributed by atoms with Crippen LogP contribution in [0.3, 0.4) is 0 Å². The Morgan fingerprint density at radius 1 is 1.24 bits per heavy atom. The van der Waals surface area contributed by atoms with Crippen molar-refractivity contribution in [2.75, 3.05) is 24.7 Å². The van der Waals surface area contributed by atoms with Crippen LogP contribution in [0.25, 0.3) is 0 Å². The van der Waals surface area contributed by atoms with E-state index >= 15 is 0 Å². The molecule has 2 aliphatic rings. The normalized spacial score (nSPS) is 14.3. The maximum Gasteiger partial charge on any atom is 0.313 e. The second-order valence-electron chi connectivity index (χ2n) is 8.22. The molecular formula is C26H28N2O5. The zero-order valence-electron chi connectivity index (χ0n) is 19.2. The van der Waals surface area contributed by atoms with Gasteiger partial charge in [0.2, 0.25) is 0 Å². The monoisotopic (exact) mass is 448 g/mol. The number of carbonyl (C=O) groups excluding carboxylic acids is 1. The van der Waals surface area contributed by atoms with E-state index in [-0.39, 0.29) is 18.5 Å². The van der Waals surface area contributed by atoms with Crippen LogP contribution in [0, 0.1) is 11.3 Å². The molecule has 7 nitrogen and oxygen atoms in total. The summed E-state index contributed by atoms with van der Waals surface area (Å²) in [4.78, 5) is 14.2. The van der Waals surface area contributed by atoms with E-state index in [4.69, 9.17) is 18.9 Å². The zero-order chi connectivity index (χ0) is 23.4. The average molecular weight is 449 g/mol. The Kier molecular flexibility index (Phi) is 6.74. The van der Waals surface area contributed by atoms with Gasteiger partial charge in [0, 0.05) is 12.1 Å². The van der Waals surface area contributed by atoms with Gasteiger partial charge in [-0.15, -0.1) is 0 Å². The summed E-state index contributed by atoms with van der Waals surface area (Å²) in [5.74, 6) is 1.75. The predicted octanol–water partition coefficient (Wildman–Crippen LogP) is 4.48. The van der Waals surface area contributed by atoms with Gasteiger partial charge in [0.05, 0.1) is 30.5 Å². The number of allylic oxidation sites excluding steroid dienone is 1. The summed E-state index contributed by atoms with van der Waals surface area (Å²) in [7, 11) is 0.